The highest BCUT2D eigenvalue weighted by molar-refractivity contribution is 7.90. The van der Waals surface area contributed by atoms with Crippen molar-refractivity contribution in [2.75, 3.05) is 26.7 Å². The highest BCUT2D eigenvalue weighted by atomic mass is 32.2. The number of nitrogens with two attached hydrogens (primary N) is 1. The Hall–Kier alpha value is -0.340. The third kappa shape index (κ3) is 6.55. The Morgan fingerprint density at radius 2 is 1.56 bits per heavy atom. The Morgan fingerprint density at radius 1 is 1.17 bits per heavy atom. The molecule has 0 saturated carbocycles. The van der Waals surface area contributed by atoms with Gasteiger partial charge in [-0.2, -0.15) is 13.2 Å². The van der Waals surface area contributed by atoms with Crippen LogP contribution in [0, 0.1) is 0 Å². The Kier molecular flexibility index (Phi) is 6.59. The van der Waals surface area contributed by atoms with E-state index < -0.39 is 15.5 Å². The van der Waals surface area contributed by atoms with Crippen LogP contribution in [0.5, 0.6) is 0 Å². The van der Waals surface area contributed by atoms with Crippen molar-refractivity contribution in [1.29, 1.82) is 0 Å². The van der Waals surface area contributed by atoms with Crippen molar-refractivity contribution in [3.05, 3.63) is 0 Å². The molecule has 0 bridgehead atoms. The van der Waals surface area contributed by atoms with Gasteiger partial charge in [0.25, 0.3) is 0 Å². The minimum atomic E-state index is -5.34. The molecule has 0 spiro atoms. The Balaban J connectivity index is 0.000000331. The van der Waals surface area contributed by atoms with Gasteiger partial charge in [-0.05, 0) is 25.7 Å². The summed E-state index contributed by atoms with van der Waals surface area (Å²) in [6.45, 7) is 6.53. The molecule has 18 heavy (non-hydrogen) atoms. The summed E-state index contributed by atoms with van der Waals surface area (Å²) < 4.78 is 52.5. The number of sulfonamides is 1. The predicted molar refractivity (Wildman–Crippen MR) is 64.1 cm³/mol. The molecule has 0 atom stereocenters. The van der Waals surface area contributed by atoms with Crippen LogP contribution in [-0.4, -0.2) is 45.1 Å². The molecule has 0 aromatic heterocycles. The fourth-order valence-electron chi connectivity index (χ4n) is 2.04. The van der Waals surface area contributed by atoms with Crippen LogP contribution in [0.2, 0.25) is 0 Å². The van der Waals surface area contributed by atoms with Crippen molar-refractivity contribution < 1.29 is 26.1 Å². The van der Waals surface area contributed by atoms with Crippen molar-refractivity contribution in [3.63, 3.8) is 0 Å². The van der Waals surface area contributed by atoms with Crippen molar-refractivity contribution in [2.24, 2.45) is 5.14 Å². The van der Waals surface area contributed by atoms with Crippen molar-refractivity contribution in [3.8, 4) is 0 Å². The van der Waals surface area contributed by atoms with Crippen molar-refractivity contribution in [2.45, 2.75) is 38.1 Å². The van der Waals surface area contributed by atoms with E-state index in [1.54, 1.807) is 0 Å². The zero-order valence-corrected chi connectivity index (χ0v) is 11.6. The number of halogens is 3. The number of hydrogen-bond donors (Lipinski definition) is 1. The summed E-state index contributed by atoms with van der Waals surface area (Å²) in [7, 11) is -2.93. The molecule has 0 aromatic rings. The smallest absolute Gasteiger partial charge is 0.326 e. The highest BCUT2D eigenvalue weighted by Crippen LogP contribution is 2.18. The van der Waals surface area contributed by atoms with Crippen LogP contribution < -0.4 is 5.14 Å². The molecule has 0 unspecified atom stereocenters. The van der Waals surface area contributed by atoms with Gasteiger partial charge < -0.3 is 4.48 Å². The fourth-order valence-corrected chi connectivity index (χ4v) is 2.04. The molecule has 1 fully saturated rings. The SMILES string of the molecule is CCC[N+]1(C)CCCCC1.NS(=O)(=O)C(F)(F)F. The monoisotopic (exact) mass is 291 g/mol. The van der Waals surface area contributed by atoms with E-state index in [-0.39, 0.29) is 0 Å². The molecule has 0 amide bonds. The number of rotatable bonds is 2. The van der Waals surface area contributed by atoms with Gasteiger partial charge in [0.2, 0.25) is 0 Å². The average molecular weight is 291 g/mol. The average Bonchev–Trinajstić information content (AvgIpc) is 2.16. The molecule has 4 nitrogen and oxygen atoms in total. The molecule has 1 aliphatic heterocycles. The van der Waals surface area contributed by atoms with Crippen molar-refractivity contribution in [1.82, 2.24) is 0 Å². The summed E-state index contributed by atoms with van der Waals surface area (Å²) >= 11 is 0. The van der Waals surface area contributed by atoms with E-state index in [0.717, 1.165) is 0 Å². The van der Waals surface area contributed by atoms with E-state index in [9.17, 15) is 21.6 Å². The molecule has 1 saturated heterocycles. The predicted octanol–water partition coefficient (Wildman–Crippen LogP) is 1.82. The minimum absolute atomic E-state index is 1.34. The zero-order chi connectivity index (χ0) is 14.4. The standard InChI is InChI=1S/C9H20N.CH2F3NO2S/c1-3-7-10(2)8-5-4-6-9-10;2-1(3,4)8(5,6)7/h3-9H2,1-2H3;(H2,5,6,7)/q+1;. The van der Waals surface area contributed by atoms with Gasteiger partial charge >= 0.3 is 15.5 Å². The van der Waals surface area contributed by atoms with Crippen LogP contribution in [0.4, 0.5) is 13.2 Å². The second-order valence-electron chi connectivity index (χ2n) is 4.84. The first kappa shape index (κ1) is 17.7. The topological polar surface area (TPSA) is 60.2 Å². The third-order valence-electron chi connectivity index (χ3n) is 2.98. The first-order chi connectivity index (χ1) is 8.02. The summed E-state index contributed by atoms with van der Waals surface area (Å²) in [4.78, 5) is 0. The summed E-state index contributed by atoms with van der Waals surface area (Å²) in [5.41, 5.74) is -5.31. The Labute approximate surface area is 107 Å². The molecular formula is C10H22F3N2O2S+. The number of nitrogens with zero attached hydrogens (tertiary/aromatic N) is 1. The van der Waals surface area contributed by atoms with Gasteiger partial charge in [-0.1, -0.05) is 6.92 Å². The lowest BCUT2D eigenvalue weighted by Gasteiger charge is -2.37. The van der Waals surface area contributed by atoms with Gasteiger partial charge in [-0.25, -0.2) is 13.6 Å². The number of piperidine rings is 1. The molecule has 1 rings (SSSR count). The first-order valence-corrected chi connectivity index (χ1v) is 7.49. The number of hydrogen-bond acceptors (Lipinski definition) is 2. The molecular weight excluding hydrogens is 269 g/mol. The largest absolute Gasteiger partial charge is 0.511 e. The summed E-state index contributed by atoms with van der Waals surface area (Å²) in [6, 6.07) is 0. The lowest BCUT2D eigenvalue weighted by atomic mass is 10.1. The highest BCUT2D eigenvalue weighted by Gasteiger charge is 2.42. The Morgan fingerprint density at radius 3 is 1.83 bits per heavy atom. The first-order valence-electron chi connectivity index (χ1n) is 5.94. The van der Waals surface area contributed by atoms with Crippen LogP contribution in [0.25, 0.3) is 0 Å². The number of likely N-dealkylation sites (tertiary alicyclic amines) is 1. The number of alkyl halides is 3. The molecule has 0 aromatic carbocycles. The summed E-state index contributed by atoms with van der Waals surface area (Å²) in [5, 5.41) is 3.66. The summed E-state index contributed by atoms with van der Waals surface area (Å²) in [5.74, 6) is 0. The maximum atomic E-state index is 10.8. The second-order valence-corrected chi connectivity index (χ2v) is 6.39. The zero-order valence-electron chi connectivity index (χ0n) is 10.8. The maximum absolute atomic E-state index is 10.8. The second kappa shape index (κ2) is 6.72. The molecule has 0 radical (unpaired) electrons. The molecule has 1 heterocycles. The van der Waals surface area contributed by atoms with Gasteiger partial charge in [0.15, 0.2) is 0 Å². The molecule has 2 N–H and O–H groups in total. The van der Waals surface area contributed by atoms with Crippen LogP contribution in [0.1, 0.15) is 32.6 Å². The van der Waals surface area contributed by atoms with E-state index in [0.29, 0.717) is 0 Å². The van der Waals surface area contributed by atoms with E-state index in [2.05, 4.69) is 19.1 Å². The lowest BCUT2D eigenvalue weighted by Crippen LogP contribution is -2.48. The van der Waals surface area contributed by atoms with E-state index in [1.165, 1.54) is 49.8 Å². The van der Waals surface area contributed by atoms with E-state index in [1.807, 2.05) is 0 Å². The van der Waals surface area contributed by atoms with Gasteiger partial charge in [0.05, 0.1) is 26.7 Å². The normalized spacial score (nSPS) is 19.9. The molecule has 0 aliphatic carbocycles. The molecule has 110 valence electrons. The number of quaternary nitrogens is 1. The Bertz CT molecular complexity index is 330. The number of primary sulfonamides is 1. The summed E-state index contributed by atoms with van der Waals surface area (Å²) in [6.07, 6.45) is 5.72. The van der Waals surface area contributed by atoms with Crippen LogP contribution in [0.15, 0.2) is 0 Å². The van der Waals surface area contributed by atoms with Crippen LogP contribution >= 0.6 is 0 Å². The fraction of sp³-hybridized carbons (Fsp3) is 1.00. The maximum Gasteiger partial charge on any atom is 0.511 e. The van der Waals surface area contributed by atoms with E-state index >= 15 is 0 Å². The van der Waals surface area contributed by atoms with Crippen LogP contribution in [0.3, 0.4) is 0 Å². The van der Waals surface area contributed by atoms with Gasteiger partial charge in [-0.15, -0.1) is 0 Å². The quantitative estimate of drug-likeness (QED) is 0.789. The van der Waals surface area contributed by atoms with Crippen LogP contribution in [-0.2, 0) is 10.0 Å². The minimum Gasteiger partial charge on any atom is -0.326 e. The third-order valence-corrected chi connectivity index (χ3v) is 3.63. The molecule has 8 heteroatoms. The van der Waals surface area contributed by atoms with E-state index in [4.69, 9.17) is 0 Å². The van der Waals surface area contributed by atoms with Gasteiger partial charge in [0.1, 0.15) is 0 Å². The molecule has 1 aliphatic rings. The van der Waals surface area contributed by atoms with Gasteiger partial charge in [-0.3, -0.25) is 0 Å². The lowest BCUT2D eigenvalue weighted by molar-refractivity contribution is -0.914. The van der Waals surface area contributed by atoms with Gasteiger partial charge in [0, 0.05) is 0 Å². The van der Waals surface area contributed by atoms with Crippen molar-refractivity contribution >= 4 is 10.0 Å².